The van der Waals surface area contributed by atoms with Crippen molar-refractivity contribution < 1.29 is 27.4 Å². The van der Waals surface area contributed by atoms with Crippen molar-refractivity contribution in [3.05, 3.63) is 36.0 Å². The fourth-order valence-electron chi connectivity index (χ4n) is 3.97. The van der Waals surface area contributed by atoms with Gasteiger partial charge in [-0.25, -0.2) is 9.48 Å². The van der Waals surface area contributed by atoms with Gasteiger partial charge in [-0.2, -0.15) is 5.10 Å². The second kappa shape index (κ2) is 8.79. The van der Waals surface area contributed by atoms with Crippen molar-refractivity contribution in [3.63, 3.8) is 0 Å². The molecule has 1 aromatic carbocycles. The lowest BCUT2D eigenvalue weighted by Gasteiger charge is -2.35. The molecule has 180 valence electrons. The third-order valence-corrected chi connectivity index (χ3v) is 5.82. The first-order valence-corrected chi connectivity index (χ1v) is 11.2. The van der Waals surface area contributed by atoms with Crippen LogP contribution in [0.2, 0.25) is 0 Å². The molecule has 1 aromatic heterocycles. The van der Waals surface area contributed by atoms with Gasteiger partial charge in [0, 0.05) is 43.9 Å². The van der Waals surface area contributed by atoms with Crippen LogP contribution in [0.5, 0.6) is 5.75 Å². The maximum atomic E-state index is 12.5. The van der Waals surface area contributed by atoms with Crippen molar-refractivity contribution in [2.24, 2.45) is 0 Å². The fourth-order valence-corrected chi connectivity index (χ4v) is 3.97. The van der Waals surface area contributed by atoms with Gasteiger partial charge < -0.3 is 19.3 Å². The van der Waals surface area contributed by atoms with E-state index in [9.17, 15) is 18.0 Å². The SMILES string of the molecule is CC(C)(C)OC(=O)N1CCN(c2cc(C3CCC3)n(-c3ccc(OC(F)(F)F)cc3)n2)CC1. The Morgan fingerprint density at radius 1 is 1.03 bits per heavy atom. The van der Waals surface area contributed by atoms with Crippen molar-refractivity contribution in [2.45, 2.75) is 57.9 Å². The summed E-state index contributed by atoms with van der Waals surface area (Å²) < 4.78 is 48.7. The monoisotopic (exact) mass is 466 g/mol. The van der Waals surface area contributed by atoms with Gasteiger partial charge in [-0.3, -0.25) is 0 Å². The number of amides is 1. The van der Waals surface area contributed by atoms with Gasteiger partial charge in [0.25, 0.3) is 0 Å². The molecule has 0 bridgehead atoms. The molecule has 0 N–H and O–H groups in total. The molecular formula is C23H29F3N4O3. The summed E-state index contributed by atoms with van der Waals surface area (Å²) in [5.74, 6) is 0.916. The van der Waals surface area contributed by atoms with E-state index in [1.165, 1.54) is 12.1 Å². The summed E-state index contributed by atoms with van der Waals surface area (Å²) >= 11 is 0. The minimum absolute atomic E-state index is 0.262. The Kier molecular flexibility index (Phi) is 6.20. The van der Waals surface area contributed by atoms with Gasteiger partial charge in [0.1, 0.15) is 11.4 Å². The Morgan fingerprint density at radius 2 is 1.67 bits per heavy atom. The van der Waals surface area contributed by atoms with E-state index in [1.54, 1.807) is 17.0 Å². The Hall–Kier alpha value is -2.91. The molecular weight excluding hydrogens is 437 g/mol. The lowest BCUT2D eigenvalue weighted by Crippen LogP contribution is -2.50. The van der Waals surface area contributed by atoms with E-state index in [0.717, 1.165) is 30.8 Å². The number of alkyl halides is 3. The lowest BCUT2D eigenvalue weighted by molar-refractivity contribution is -0.274. The van der Waals surface area contributed by atoms with E-state index >= 15 is 0 Å². The first kappa shape index (κ1) is 23.3. The van der Waals surface area contributed by atoms with Crippen molar-refractivity contribution in [3.8, 4) is 11.4 Å². The molecule has 33 heavy (non-hydrogen) atoms. The summed E-state index contributed by atoms with van der Waals surface area (Å²) in [6.45, 7) is 7.85. The fraction of sp³-hybridized carbons (Fsp3) is 0.565. The molecule has 10 heteroatoms. The van der Waals surface area contributed by atoms with Gasteiger partial charge in [0.05, 0.1) is 5.69 Å². The minimum atomic E-state index is -4.72. The number of hydrogen-bond acceptors (Lipinski definition) is 5. The molecule has 0 unspecified atom stereocenters. The van der Waals surface area contributed by atoms with Crippen LogP contribution in [0.4, 0.5) is 23.8 Å². The first-order chi connectivity index (χ1) is 15.5. The molecule has 1 aliphatic carbocycles. The normalized spacial score (nSPS) is 17.6. The van der Waals surface area contributed by atoms with E-state index < -0.39 is 12.0 Å². The quantitative estimate of drug-likeness (QED) is 0.628. The third-order valence-electron chi connectivity index (χ3n) is 5.82. The van der Waals surface area contributed by atoms with Crippen LogP contribution in [-0.2, 0) is 4.74 Å². The summed E-state index contributed by atoms with van der Waals surface area (Å²) in [6, 6.07) is 7.83. The first-order valence-electron chi connectivity index (χ1n) is 11.2. The van der Waals surface area contributed by atoms with Crippen LogP contribution in [0.1, 0.15) is 51.6 Å². The molecule has 0 spiro atoms. The summed E-state index contributed by atoms with van der Waals surface area (Å²) in [5, 5.41) is 4.79. The third kappa shape index (κ3) is 5.72. The molecule has 1 saturated carbocycles. The zero-order valence-electron chi connectivity index (χ0n) is 19.1. The van der Waals surface area contributed by atoms with Crippen LogP contribution in [0.3, 0.4) is 0 Å². The number of benzene rings is 1. The average Bonchev–Trinajstić information content (AvgIpc) is 3.09. The molecule has 7 nitrogen and oxygen atoms in total. The minimum Gasteiger partial charge on any atom is -0.444 e. The van der Waals surface area contributed by atoms with Crippen molar-refractivity contribution in [2.75, 3.05) is 31.1 Å². The van der Waals surface area contributed by atoms with Crippen molar-refractivity contribution in [1.29, 1.82) is 0 Å². The number of aromatic nitrogens is 2. The summed E-state index contributed by atoms with van der Waals surface area (Å²) in [4.78, 5) is 16.2. The van der Waals surface area contributed by atoms with E-state index in [1.807, 2.05) is 25.5 Å². The summed E-state index contributed by atoms with van der Waals surface area (Å²) in [6.07, 6.45) is -1.76. The van der Waals surface area contributed by atoms with Gasteiger partial charge >= 0.3 is 12.5 Å². The number of nitrogens with zero attached hydrogens (tertiary/aromatic N) is 4. The molecule has 0 atom stereocenters. The number of rotatable bonds is 4. The van der Waals surface area contributed by atoms with Crippen molar-refractivity contribution >= 4 is 11.9 Å². The molecule has 0 radical (unpaired) electrons. The van der Waals surface area contributed by atoms with Crippen LogP contribution in [0.15, 0.2) is 30.3 Å². The number of carbonyl (C=O) groups is 1. The predicted octanol–water partition coefficient (Wildman–Crippen LogP) is 5.10. The Morgan fingerprint density at radius 3 is 2.18 bits per heavy atom. The topological polar surface area (TPSA) is 59.8 Å². The van der Waals surface area contributed by atoms with Crippen LogP contribution >= 0.6 is 0 Å². The van der Waals surface area contributed by atoms with Gasteiger partial charge in [-0.05, 0) is 57.9 Å². The number of ether oxygens (including phenoxy) is 2. The van der Waals surface area contributed by atoms with E-state index in [2.05, 4.69) is 15.7 Å². The van der Waals surface area contributed by atoms with E-state index in [4.69, 9.17) is 9.84 Å². The molecule has 2 aliphatic rings. The van der Waals surface area contributed by atoms with Crippen LogP contribution in [-0.4, -0.2) is 58.9 Å². The van der Waals surface area contributed by atoms with E-state index in [-0.39, 0.29) is 11.8 Å². The van der Waals surface area contributed by atoms with Crippen molar-refractivity contribution in [1.82, 2.24) is 14.7 Å². The number of hydrogen-bond donors (Lipinski definition) is 0. The summed E-state index contributed by atoms with van der Waals surface area (Å²) in [5.41, 5.74) is 1.20. The van der Waals surface area contributed by atoms with Gasteiger partial charge in [-0.15, -0.1) is 13.2 Å². The number of halogens is 3. The molecule has 1 amide bonds. The zero-order chi connectivity index (χ0) is 23.8. The highest BCUT2D eigenvalue weighted by Crippen LogP contribution is 2.39. The van der Waals surface area contributed by atoms with Crippen LogP contribution in [0.25, 0.3) is 5.69 Å². The second-order valence-electron chi connectivity index (χ2n) is 9.46. The standard InChI is InChI=1S/C23H29F3N4O3/c1-22(2,3)33-21(31)29-13-11-28(12-14-29)20-15-19(16-5-4-6-16)30(27-20)17-7-9-18(10-8-17)32-23(24,25)26/h7-10,15-16H,4-6,11-14H2,1-3H3. The Balaban J connectivity index is 1.49. The molecule has 1 saturated heterocycles. The van der Waals surface area contributed by atoms with E-state index in [0.29, 0.717) is 37.8 Å². The second-order valence-corrected chi connectivity index (χ2v) is 9.46. The zero-order valence-corrected chi connectivity index (χ0v) is 19.1. The molecule has 2 aromatic rings. The van der Waals surface area contributed by atoms with Gasteiger partial charge in [-0.1, -0.05) is 6.42 Å². The molecule has 4 rings (SSSR count). The highest BCUT2D eigenvalue weighted by Gasteiger charge is 2.32. The van der Waals surface area contributed by atoms with Gasteiger partial charge in [0.2, 0.25) is 0 Å². The van der Waals surface area contributed by atoms with Crippen LogP contribution < -0.4 is 9.64 Å². The predicted molar refractivity (Wildman–Crippen MR) is 117 cm³/mol. The smallest absolute Gasteiger partial charge is 0.444 e. The number of carbonyl (C=O) groups excluding carboxylic acids is 1. The molecule has 1 aliphatic heterocycles. The molecule has 2 fully saturated rings. The highest BCUT2D eigenvalue weighted by molar-refractivity contribution is 5.68. The Labute approximate surface area is 191 Å². The summed E-state index contributed by atoms with van der Waals surface area (Å²) in [7, 11) is 0. The number of anilines is 1. The highest BCUT2D eigenvalue weighted by atomic mass is 19.4. The number of piperazine rings is 1. The lowest BCUT2D eigenvalue weighted by atomic mass is 9.83. The van der Waals surface area contributed by atoms with Gasteiger partial charge in [0.15, 0.2) is 5.82 Å². The molecule has 2 heterocycles. The maximum absolute atomic E-state index is 12.5. The average molecular weight is 467 g/mol. The van der Waals surface area contributed by atoms with Crippen LogP contribution in [0, 0.1) is 0 Å². The largest absolute Gasteiger partial charge is 0.573 e. The maximum Gasteiger partial charge on any atom is 0.573 e. The Bertz CT molecular complexity index is 970.